The maximum absolute atomic E-state index is 6.11. The fraction of sp³-hybridized carbons (Fsp3) is 0.500. The molecule has 0 aliphatic rings. The molecule has 0 heterocycles. The van der Waals surface area contributed by atoms with E-state index < -0.39 is 0 Å². The van der Waals surface area contributed by atoms with E-state index in [0.717, 1.165) is 5.56 Å². The zero-order valence-electron chi connectivity index (χ0n) is 9.65. The van der Waals surface area contributed by atoms with E-state index in [4.69, 9.17) is 34.8 Å². The Morgan fingerprint density at radius 2 is 1.62 bits per heavy atom. The molecule has 90 valence electrons. The van der Waals surface area contributed by atoms with Crippen LogP contribution in [0.1, 0.15) is 26.3 Å². The third-order valence-electron chi connectivity index (χ3n) is 2.74. The second kappa shape index (κ2) is 6.11. The van der Waals surface area contributed by atoms with Crippen LogP contribution in [0.2, 0.25) is 15.1 Å². The molecule has 1 aromatic carbocycles. The van der Waals surface area contributed by atoms with Crippen molar-refractivity contribution in [1.29, 1.82) is 0 Å². The standard InChI is InChI=1S/C12H16Cl3N/c1-7(2)8(3)16-6-9-10(13)4-5-11(14)12(9)15/h4-5,7-8,16H,6H2,1-3H3. The van der Waals surface area contributed by atoms with Gasteiger partial charge in [-0.25, -0.2) is 0 Å². The van der Waals surface area contributed by atoms with Gasteiger partial charge in [-0.15, -0.1) is 0 Å². The molecule has 0 aliphatic heterocycles. The van der Waals surface area contributed by atoms with Crippen molar-refractivity contribution >= 4 is 34.8 Å². The molecule has 0 amide bonds. The molecule has 4 heteroatoms. The van der Waals surface area contributed by atoms with E-state index in [1.54, 1.807) is 12.1 Å². The lowest BCUT2D eigenvalue weighted by Gasteiger charge is -2.18. The Hall–Kier alpha value is 0.0500. The van der Waals surface area contributed by atoms with Crippen molar-refractivity contribution in [3.05, 3.63) is 32.8 Å². The highest BCUT2D eigenvalue weighted by atomic mass is 35.5. The van der Waals surface area contributed by atoms with Crippen LogP contribution >= 0.6 is 34.8 Å². The second-order valence-corrected chi connectivity index (χ2v) is 5.43. The number of rotatable bonds is 4. The van der Waals surface area contributed by atoms with Crippen LogP contribution in [0.4, 0.5) is 0 Å². The van der Waals surface area contributed by atoms with Gasteiger partial charge in [0.05, 0.1) is 10.0 Å². The largest absolute Gasteiger partial charge is 0.310 e. The van der Waals surface area contributed by atoms with Gasteiger partial charge < -0.3 is 5.32 Å². The van der Waals surface area contributed by atoms with Crippen molar-refractivity contribution in [3.8, 4) is 0 Å². The zero-order valence-corrected chi connectivity index (χ0v) is 11.9. The third kappa shape index (κ3) is 3.53. The fourth-order valence-corrected chi connectivity index (χ4v) is 1.91. The van der Waals surface area contributed by atoms with Crippen LogP contribution in [0.25, 0.3) is 0 Å². The quantitative estimate of drug-likeness (QED) is 0.783. The first-order chi connectivity index (χ1) is 7.43. The Kier molecular flexibility index (Phi) is 5.39. The highest BCUT2D eigenvalue weighted by Crippen LogP contribution is 2.31. The molecule has 0 saturated heterocycles. The van der Waals surface area contributed by atoms with Crippen LogP contribution in [0, 0.1) is 5.92 Å². The first kappa shape index (κ1) is 14.1. The summed E-state index contributed by atoms with van der Waals surface area (Å²) >= 11 is 18.1. The number of hydrogen-bond acceptors (Lipinski definition) is 1. The summed E-state index contributed by atoms with van der Waals surface area (Å²) in [7, 11) is 0. The van der Waals surface area contributed by atoms with Crippen molar-refractivity contribution in [2.24, 2.45) is 5.92 Å². The van der Waals surface area contributed by atoms with Crippen molar-refractivity contribution in [1.82, 2.24) is 5.32 Å². The van der Waals surface area contributed by atoms with Crippen LogP contribution in [-0.4, -0.2) is 6.04 Å². The van der Waals surface area contributed by atoms with E-state index in [-0.39, 0.29) is 0 Å². The summed E-state index contributed by atoms with van der Waals surface area (Å²) in [6.07, 6.45) is 0. The molecule has 1 unspecified atom stereocenters. The highest BCUT2D eigenvalue weighted by Gasteiger charge is 2.12. The first-order valence-electron chi connectivity index (χ1n) is 5.29. The third-order valence-corrected chi connectivity index (χ3v) is 3.94. The van der Waals surface area contributed by atoms with Gasteiger partial charge in [-0.1, -0.05) is 48.7 Å². The normalized spacial score (nSPS) is 13.2. The van der Waals surface area contributed by atoms with Crippen LogP contribution < -0.4 is 5.32 Å². The topological polar surface area (TPSA) is 12.0 Å². The lowest BCUT2D eigenvalue weighted by molar-refractivity contribution is 0.426. The minimum atomic E-state index is 0.408. The predicted octanol–water partition coefficient (Wildman–Crippen LogP) is 4.78. The summed E-state index contributed by atoms with van der Waals surface area (Å²) in [6.45, 7) is 7.10. The van der Waals surface area contributed by atoms with Crippen LogP contribution in [0.3, 0.4) is 0 Å². The monoisotopic (exact) mass is 279 g/mol. The van der Waals surface area contributed by atoms with Crippen LogP contribution in [0.5, 0.6) is 0 Å². The van der Waals surface area contributed by atoms with Gasteiger partial charge in [0.1, 0.15) is 0 Å². The maximum Gasteiger partial charge on any atom is 0.0652 e. The molecule has 0 radical (unpaired) electrons. The smallest absolute Gasteiger partial charge is 0.0652 e. The molecule has 0 aliphatic carbocycles. The zero-order chi connectivity index (χ0) is 12.3. The molecule has 1 rings (SSSR count). The molecule has 1 nitrogen and oxygen atoms in total. The minimum Gasteiger partial charge on any atom is -0.310 e. The van der Waals surface area contributed by atoms with Gasteiger partial charge in [-0.3, -0.25) is 0 Å². The summed E-state index contributed by atoms with van der Waals surface area (Å²) in [4.78, 5) is 0. The Morgan fingerprint density at radius 3 is 2.19 bits per heavy atom. The molecule has 1 atom stereocenters. The van der Waals surface area contributed by atoms with Crippen LogP contribution in [0.15, 0.2) is 12.1 Å². The average Bonchev–Trinajstić information content (AvgIpc) is 2.23. The Balaban J connectivity index is 2.77. The summed E-state index contributed by atoms with van der Waals surface area (Å²) in [5.41, 5.74) is 0.864. The van der Waals surface area contributed by atoms with Crippen molar-refractivity contribution < 1.29 is 0 Å². The van der Waals surface area contributed by atoms with Gasteiger partial charge in [0.15, 0.2) is 0 Å². The summed E-state index contributed by atoms with van der Waals surface area (Å²) in [6, 6.07) is 3.89. The fourth-order valence-electron chi connectivity index (χ4n) is 1.23. The second-order valence-electron chi connectivity index (χ2n) is 4.24. The molecular formula is C12H16Cl3N. The van der Waals surface area contributed by atoms with Gasteiger partial charge in [0, 0.05) is 23.2 Å². The number of hydrogen-bond donors (Lipinski definition) is 1. The molecule has 0 fully saturated rings. The summed E-state index contributed by atoms with van der Waals surface area (Å²) < 4.78 is 0. The van der Waals surface area contributed by atoms with Gasteiger partial charge in [-0.05, 0) is 25.0 Å². The van der Waals surface area contributed by atoms with Crippen molar-refractivity contribution in [3.63, 3.8) is 0 Å². The van der Waals surface area contributed by atoms with Crippen molar-refractivity contribution in [2.45, 2.75) is 33.4 Å². The van der Waals surface area contributed by atoms with Crippen LogP contribution in [-0.2, 0) is 6.54 Å². The molecule has 1 aromatic rings. The minimum absolute atomic E-state index is 0.408. The Labute approximate surface area is 112 Å². The molecule has 16 heavy (non-hydrogen) atoms. The average molecular weight is 281 g/mol. The van der Waals surface area contributed by atoms with Gasteiger partial charge in [-0.2, -0.15) is 0 Å². The van der Waals surface area contributed by atoms with Gasteiger partial charge >= 0.3 is 0 Å². The SMILES string of the molecule is CC(C)C(C)NCc1c(Cl)ccc(Cl)c1Cl. The van der Waals surface area contributed by atoms with E-state index in [1.807, 2.05) is 0 Å². The number of halogens is 3. The van der Waals surface area contributed by atoms with Gasteiger partial charge in [0.2, 0.25) is 0 Å². The highest BCUT2D eigenvalue weighted by molar-refractivity contribution is 6.44. The molecular weight excluding hydrogens is 264 g/mol. The Morgan fingerprint density at radius 1 is 1.06 bits per heavy atom. The lowest BCUT2D eigenvalue weighted by Crippen LogP contribution is -2.30. The van der Waals surface area contributed by atoms with E-state index >= 15 is 0 Å². The molecule has 0 bridgehead atoms. The van der Waals surface area contributed by atoms with E-state index in [2.05, 4.69) is 26.1 Å². The molecule has 0 saturated carbocycles. The first-order valence-corrected chi connectivity index (χ1v) is 6.42. The molecule has 0 aromatic heterocycles. The number of nitrogens with one attached hydrogen (secondary N) is 1. The predicted molar refractivity (Wildman–Crippen MR) is 72.6 cm³/mol. The summed E-state index contributed by atoms with van der Waals surface area (Å²) in [5, 5.41) is 5.11. The molecule has 1 N–H and O–H groups in total. The van der Waals surface area contributed by atoms with Crippen molar-refractivity contribution in [2.75, 3.05) is 0 Å². The molecule has 0 spiro atoms. The van der Waals surface area contributed by atoms with Gasteiger partial charge in [0.25, 0.3) is 0 Å². The van der Waals surface area contributed by atoms with E-state index in [9.17, 15) is 0 Å². The number of benzene rings is 1. The van der Waals surface area contributed by atoms with E-state index in [1.165, 1.54) is 0 Å². The van der Waals surface area contributed by atoms with E-state index in [0.29, 0.717) is 33.6 Å². The maximum atomic E-state index is 6.11. The Bertz CT molecular complexity index is 364. The lowest BCUT2D eigenvalue weighted by atomic mass is 10.1. The summed E-state index contributed by atoms with van der Waals surface area (Å²) in [5.74, 6) is 0.566.